The zero-order chi connectivity index (χ0) is 13.9. The molecule has 0 aliphatic carbocycles. The summed E-state index contributed by atoms with van der Waals surface area (Å²) in [7, 11) is 0. The highest BCUT2D eigenvalue weighted by Crippen LogP contribution is 2.33. The smallest absolute Gasteiger partial charge is 0.196 e. The molecule has 2 heterocycles. The van der Waals surface area contributed by atoms with E-state index in [0.717, 1.165) is 23.9 Å². The van der Waals surface area contributed by atoms with E-state index >= 15 is 0 Å². The number of benzene rings is 1. The molecule has 0 fully saturated rings. The molecule has 20 heavy (non-hydrogen) atoms. The van der Waals surface area contributed by atoms with Crippen molar-refractivity contribution in [3.8, 4) is 0 Å². The quantitative estimate of drug-likeness (QED) is 0.943. The first-order valence-corrected chi connectivity index (χ1v) is 7.99. The van der Waals surface area contributed by atoms with E-state index in [2.05, 4.69) is 39.9 Å². The van der Waals surface area contributed by atoms with E-state index in [9.17, 15) is 0 Å². The van der Waals surface area contributed by atoms with Crippen LogP contribution in [0.2, 0.25) is 0 Å². The van der Waals surface area contributed by atoms with E-state index in [-0.39, 0.29) is 0 Å². The molecule has 1 aromatic carbocycles. The summed E-state index contributed by atoms with van der Waals surface area (Å²) in [5.74, 6) is 1.13. The van der Waals surface area contributed by atoms with Crippen LogP contribution >= 0.6 is 11.8 Å². The number of nitrogens with zero attached hydrogens (tertiary/aromatic N) is 3. The van der Waals surface area contributed by atoms with E-state index < -0.39 is 0 Å². The van der Waals surface area contributed by atoms with Crippen LogP contribution in [-0.4, -0.2) is 14.8 Å². The maximum Gasteiger partial charge on any atom is 0.196 e. The Labute approximate surface area is 123 Å². The van der Waals surface area contributed by atoms with Gasteiger partial charge in [-0.3, -0.25) is 0 Å². The van der Waals surface area contributed by atoms with Gasteiger partial charge in [-0.2, -0.15) is 0 Å². The molecule has 0 unspecified atom stereocenters. The molecule has 0 saturated heterocycles. The normalized spacial score (nSPS) is 14.9. The number of hydrogen-bond acceptors (Lipinski definition) is 4. The molecule has 3 rings (SSSR count). The molecule has 0 spiro atoms. The van der Waals surface area contributed by atoms with Crippen LogP contribution < -0.4 is 5.73 Å². The second-order valence-electron chi connectivity index (χ2n) is 5.23. The van der Waals surface area contributed by atoms with Gasteiger partial charge in [-0.15, -0.1) is 10.2 Å². The summed E-state index contributed by atoms with van der Waals surface area (Å²) >= 11 is 1.71. The lowest BCUT2D eigenvalue weighted by molar-refractivity contribution is 0.591. The molecule has 0 atom stereocenters. The number of aryl methyl sites for hydroxylation is 2. The fraction of sp³-hybridized carbons (Fsp3) is 0.467. The SMILES string of the molecule is Cc1cccc(CN)c1Sc1nnc2n1CCCCC2. The van der Waals surface area contributed by atoms with E-state index in [4.69, 9.17) is 5.73 Å². The Morgan fingerprint density at radius 3 is 3.00 bits per heavy atom. The summed E-state index contributed by atoms with van der Waals surface area (Å²) in [5, 5.41) is 9.75. The van der Waals surface area contributed by atoms with Gasteiger partial charge in [-0.1, -0.05) is 24.6 Å². The summed E-state index contributed by atoms with van der Waals surface area (Å²) in [5.41, 5.74) is 8.29. The summed E-state index contributed by atoms with van der Waals surface area (Å²) < 4.78 is 2.28. The summed E-state index contributed by atoms with van der Waals surface area (Å²) in [6, 6.07) is 6.28. The average Bonchev–Trinajstić information content (AvgIpc) is 2.69. The van der Waals surface area contributed by atoms with Gasteiger partial charge in [0.1, 0.15) is 5.82 Å². The Kier molecular flexibility index (Phi) is 4.08. The summed E-state index contributed by atoms with van der Waals surface area (Å²) in [4.78, 5) is 1.23. The minimum absolute atomic E-state index is 0.561. The molecule has 0 radical (unpaired) electrons. The van der Waals surface area contributed by atoms with Crippen LogP contribution in [0.4, 0.5) is 0 Å². The van der Waals surface area contributed by atoms with Gasteiger partial charge >= 0.3 is 0 Å². The van der Waals surface area contributed by atoms with Crippen molar-refractivity contribution in [1.82, 2.24) is 14.8 Å². The predicted molar refractivity (Wildman–Crippen MR) is 80.8 cm³/mol. The first-order valence-electron chi connectivity index (χ1n) is 7.18. The first-order chi connectivity index (χ1) is 9.79. The molecule has 0 amide bonds. The number of rotatable bonds is 3. The van der Waals surface area contributed by atoms with Crippen molar-refractivity contribution in [3.63, 3.8) is 0 Å². The van der Waals surface area contributed by atoms with Gasteiger partial charge in [-0.05, 0) is 42.7 Å². The lowest BCUT2D eigenvalue weighted by Gasteiger charge is -2.11. The van der Waals surface area contributed by atoms with Crippen LogP contribution in [0.5, 0.6) is 0 Å². The fourth-order valence-corrected chi connectivity index (χ4v) is 3.73. The van der Waals surface area contributed by atoms with Gasteiger partial charge in [-0.25, -0.2) is 0 Å². The van der Waals surface area contributed by atoms with Crippen molar-refractivity contribution in [1.29, 1.82) is 0 Å². The standard InChI is InChI=1S/C15H20N4S/c1-11-6-5-7-12(10-16)14(11)20-15-18-17-13-8-3-2-4-9-19(13)15/h5-7H,2-4,8-10,16H2,1H3. The van der Waals surface area contributed by atoms with E-state index in [1.165, 1.54) is 35.3 Å². The highest BCUT2D eigenvalue weighted by atomic mass is 32.2. The number of hydrogen-bond donors (Lipinski definition) is 1. The molecule has 1 aliphatic rings. The van der Waals surface area contributed by atoms with Crippen LogP contribution in [-0.2, 0) is 19.5 Å². The number of aromatic nitrogens is 3. The van der Waals surface area contributed by atoms with Gasteiger partial charge < -0.3 is 10.3 Å². The number of fused-ring (bicyclic) bond motifs is 1. The monoisotopic (exact) mass is 288 g/mol. The lowest BCUT2D eigenvalue weighted by atomic mass is 10.1. The van der Waals surface area contributed by atoms with Crippen molar-refractivity contribution in [3.05, 3.63) is 35.2 Å². The van der Waals surface area contributed by atoms with E-state index in [1.54, 1.807) is 11.8 Å². The summed E-state index contributed by atoms with van der Waals surface area (Å²) in [6.45, 7) is 3.72. The Morgan fingerprint density at radius 2 is 2.15 bits per heavy atom. The highest BCUT2D eigenvalue weighted by Gasteiger charge is 2.17. The van der Waals surface area contributed by atoms with Crippen molar-refractivity contribution >= 4 is 11.8 Å². The summed E-state index contributed by atoms with van der Waals surface area (Å²) in [6.07, 6.45) is 4.77. The van der Waals surface area contributed by atoms with Gasteiger partial charge in [0, 0.05) is 24.4 Å². The molecule has 4 nitrogen and oxygen atoms in total. The minimum atomic E-state index is 0.561. The van der Waals surface area contributed by atoms with Crippen LogP contribution in [0, 0.1) is 6.92 Å². The maximum absolute atomic E-state index is 5.86. The van der Waals surface area contributed by atoms with Crippen molar-refractivity contribution in [2.75, 3.05) is 0 Å². The molecular weight excluding hydrogens is 268 g/mol. The van der Waals surface area contributed by atoms with E-state index in [0.29, 0.717) is 6.54 Å². The molecule has 5 heteroatoms. The second-order valence-corrected chi connectivity index (χ2v) is 6.21. The third-order valence-corrected chi connectivity index (χ3v) is 5.06. The van der Waals surface area contributed by atoms with Crippen LogP contribution in [0.3, 0.4) is 0 Å². The van der Waals surface area contributed by atoms with Crippen molar-refractivity contribution in [2.24, 2.45) is 5.73 Å². The van der Waals surface area contributed by atoms with Gasteiger partial charge in [0.2, 0.25) is 0 Å². The number of nitrogens with two attached hydrogens (primary N) is 1. The molecule has 1 aliphatic heterocycles. The Morgan fingerprint density at radius 1 is 1.25 bits per heavy atom. The average molecular weight is 288 g/mol. The Hall–Kier alpha value is -1.33. The second kappa shape index (κ2) is 5.97. The molecular formula is C15H20N4S. The largest absolute Gasteiger partial charge is 0.326 e. The highest BCUT2D eigenvalue weighted by molar-refractivity contribution is 7.99. The molecule has 1 aromatic heterocycles. The zero-order valence-electron chi connectivity index (χ0n) is 11.8. The first kappa shape index (κ1) is 13.6. The molecule has 0 saturated carbocycles. The Balaban J connectivity index is 1.94. The third kappa shape index (κ3) is 2.60. The third-order valence-electron chi connectivity index (χ3n) is 3.78. The zero-order valence-corrected chi connectivity index (χ0v) is 12.6. The molecule has 2 N–H and O–H groups in total. The predicted octanol–water partition coefficient (Wildman–Crippen LogP) is 2.92. The van der Waals surface area contributed by atoms with Crippen molar-refractivity contribution in [2.45, 2.75) is 55.7 Å². The topological polar surface area (TPSA) is 56.7 Å². The van der Waals surface area contributed by atoms with Gasteiger partial charge in [0.15, 0.2) is 5.16 Å². The minimum Gasteiger partial charge on any atom is -0.326 e. The Bertz CT molecular complexity index is 606. The van der Waals surface area contributed by atoms with Gasteiger partial charge in [0.05, 0.1) is 0 Å². The van der Waals surface area contributed by atoms with Crippen LogP contribution in [0.25, 0.3) is 0 Å². The molecule has 106 valence electrons. The fourth-order valence-electron chi connectivity index (χ4n) is 2.65. The van der Waals surface area contributed by atoms with Crippen LogP contribution in [0.1, 0.15) is 36.2 Å². The van der Waals surface area contributed by atoms with Gasteiger partial charge in [0.25, 0.3) is 0 Å². The lowest BCUT2D eigenvalue weighted by Crippen LogP contribution is -2.04. The van der Waals surface area contributed by atoms with Crippen LogP contribution in [0.15, 0.2) is 28.3 Å². The maximum atomic E-state index is 5.86. The van der Waals surface area contributed by atoms with E-state index in [1.807, 2.05) is 0 Å². The van der Waals surface area contributed by atoms with Crippen molar-refractivity contribution < 1.29 is 0 Å². The molecule has 0 bridgehead atoms. The molecule has 2 aromatic rings.